The van der Waals surface area contributed by atoms with Crippen molar-refractivity contribution >= 4 is 44.4 Å². The molecule has 210 valence electrons. The molecule has 2 atom stereocenters. The molecule has 12 heteroatoms. The normalized spacial score (nSPS) is 17.0. The van der Waals surface area contributed by atoms with E-state index < -0.39 is 24.1 Å². The van der Waals surface area contributed by atoms with E-state index in [1.165, 1.54) is 29.8 Å². The SMILES string of the molecule is COc1cnc2c(-c3nc4cc(F)c(O[C@@H]5CCCC[C@H]5OC(=O)Nc5cnc(C)nc5)cc4s3)cc(C)cc2n1. The number of benzene rings is 2. The van der Waals surface area contributed by atoms with E-state index in [4.69, 9.17) is 19.2 Å². The van der Waals surface area contributed by atoms with Crippen LogP contribution in [0.25, 0.3) is 31.8 Å². The second-order valence-corrected chi connectivity index (χ2v) is 10.9. The third-order valence-electron chi connectivity index (χ3n) is 6.86. The van der Waals surface area contributed by atoms with Crippen LogP contribution in [0.15, 0.2) is 42.9 Å². The molecule has 1 saturated carbocycles. The van der Waals surface area contributed by atoms with E-state index in [2.05, 4.69) is 25.3 Å². The van der Waals surface area contributed by atoms with Gasteiger partial charge in [0.15, 0.2) is 11.6 Å². The van der Waals surface area contributed by atoms with Crippen LogP contribution in [0.4, 0.5) is 14.9 Å². The van der Waals surface area contributed by atoms with Crippen molar-refractivity contribution in [3.63, 3.8) is 0 Å². The molecule has 0 unspecified atom stereocenters. The van der Waals surface area contributed by atoms with Gasteiger partial charge in [-0.3, -0.25) is 5.32 Å². The number of anilines is 1. The van der Waals surface area contributed by atoms with Crippen LogP contribution < -0.4 is 14.8 Å². The van der Waals surface area contributed by atoms with E-state index in [9.17, 15) is 4.79 Å². The summed E-state index contributed by atoms with van der Waals surface area (Å²) in [6, 6.07) is 6.96. The third kappa shape index (κ3) is 5.73. The number of hydrogen-bond donors (Lipinski definition) is 1. The van der Waals surface area contributed by atoms with Gasteiger partial charge < -0.3 is 14.2 Å². The summed E-state index contributed by atoms with van der Waals surface area (Å²) in [5, 5.41) is 3.33. The van der Waals surface area contributed by atoms with E-state index >= 15 is 4.39 Å². The maximum absolute atomic E-state index is 15.3. The first-order chi connectivity index (χ1) is 19.9. The van der Waals surface area contributed by atoms with Gasteiger partial charge in [0.1, 0.15) is 23.0 Å². The molecule has 1 amide bonds. The standard InChI is InChI=1S/C29H27FN6O4S/c1-15-8-18(27-21(9-15)35-26(38-3)14-33-27)28-36-20-10-19(30)24(11-25(20)41-28)39-22-6-4-5-7-23(22)40-29(37)34-17-12-31-16(2)32-13-17/h8-14,22-23H,4-7H2,1-3H3,(H,34,37)/t22-,23-/m1/s1. The summed E-state index contributed by atoms with van der Waals surface area (Å²) < 4.78 is 33.1. The van der Waals surface area contributed by atoms with Gasteiger partial charge in [-0.15, -0.1) is 11.3 Å². The fourth-order valence-corrected chi connectivity index (χ4v) is 5.88. The number of aryl methyl sites for hydroxylation is 2. The molecule has 3 heterocycles. The number of halogens is 1. The van der Waals surface area contributed by atoms with Crippen LogP contribution in [0.3, 0.4) is 0 Å². The number of rotatable bonds is 6. The average molecular weight is 575 g/mol. The first-order valence-corrected chi connectivity index (χ1v) is 14.0. The third-order valence-corrected chi connectivity index (χ3v) is 7.91. The van der Waals surface area contributed by atoms with Crippen molar-refractivity contribution in [2.45, 2.75) is 51.7 Å². The van der Waals surface area contributed by atoms with Crippen LogP contribution in [0.2, 0.25) is 0 Å². The molecule has 1 aliphatic rings. The summed E-state index contributed by atoms with van der Waals surface area (Å²) in [6.07, 6.45) is 5.95. The quantitative estimate of drug-likeness (QED) is 0.245. The molecule has 0 bridgehead atoms. The number of thiazole rings is 1. The predicted octanol–water partition coefficient (Wildman–Crippen LogP) is 6.40. The molecule has 41 heavy (non-hydrogen) atoms. The van der Waals surface area contributed by atoms with Gasteiger partial charge in [0.25, 0.3) is 0 Å². The van der Waals surface area contributed by atoms with Crippen molar-refractivity contribution < 1.29 is 23.4 Å². The number of hydrogen-bond acceptors (Lipinski definition) is 10. The van der Waals surface area contributed by atoms with Crippen LogP contribution >= 0.6 is 11.3 Å². The zero-order valence-corrected chi connectivity index (χ0v) is 23.5. The zero-order chi connectivity index (χ0) is 28.5. The molecule has 0 saturated heterocycles. The molecule has 1 N–H and O–H groups in total. The molecule has 0 radical (unpaired) electrons. The highest BCUT2D eigenvalue weighted by Crippen LogP contribution is 2.38. The van der Waals surface area contributed by atoms with Gasteiger partial charge in [0.2, 0.25) is 5.88 Å². The van der Waals surface area contributed by atoms with Gasteiger partial charge in [-0.05, 0) is 57.2 Å². The molecular formula is C29H27FN6O4S. The Morgan fingerprint density at radius 3 is 2.54 bits per heavy atom. The Labute approximate surface area is 239 Å². The Bertz CT molecular complexity index is 1750. The van der Waals surface area contributed by atoms with Gasteiger partial charge in [-0.1, -0.05) is 0 Å². The Kier molecular flexibility index (Phi) is 7.31. The average Bonchev–Trinajstić information content (AvgIpc) is 3.37. The fraction of sp³-hybridized carbons (Fsp3) is 0.310. The molecule has 5 aromatic rings. The minimum Gasteiger partial charge on any atom is -0.483 e. The van der Waals surface area contributed by atoms with Crippen LogP contribution in [0.5, 0.6) is 11.6 Å². The summed E-state index contributed by atoms with van der Waals surface area (Å²) in [5.41, 5.74) is 4.12. The van der Waals surface area contributed by atoms with Crippen LogP contribution in [-0.2, 0) is 4.74 Å². The van der Waals surface area contributed by atoms with Gasteiger partial charge in [0.05, 0.1) is 52.6 Å². The number of methoxy groups -OCH3 is 1. The van der Waals surface area contributed by atoms with Crippen molar-refractivity contribution in [2.75, 3.05) is 12.4 Å². The number of aromatic nitrogens is 5. The molecule has 3 aromatic heterocycles. The number of carbonyl (C=O) groups excluding carboxylic acids is 1. The Balaban J connectivity index is 1.24. The van der Waals surface area contributed by atoms with Gasteiger partial charge >= 0.3 is 6.09 Å². The molecule has 10 nitrogen and oxygen atoms in total. The smallest absolute Gasteiger partial charge is 0.412 e. The van der Waals surface area contributed by atoms with Crippen molar-refractivity contribution in [1.82, 2.24) is 24.9 Å². The molecule has 0 aliphatic heterocycles. The first kappa shape index (κ1) is 26.8. The van der Waals surface area contributed by atoms with E-state index in [1.54, 1.807) is 26.3 Å². The number of nitrogens with one attached hydrogen (secondary N) is 1. The zero-order valence-electron chi connectivity index (χ0n) is 22.7. The van der Waals surface area contributed by atoms with Crippen molar-refractivity contribution in [3.8, 4) is 22.2 Å². The highest BCUT2D eigenvalue weighted by molar-refractivity contribution is 7.21. The van der Waals surface area contributed by atoms with E-state index in [0.717, 1.165) is 28.7 Å². The highest BCUT2D eigenvalue weighted by atomic mass is 32.1. The van der Waals surface area contributed by atoms with Crippen molar-refractivity contribution in [3.05, 3.63) is 60.1 Å². The summed E-state index contributed by atoms with van der Waals surface area (Å²) in [4.78, 5) is 34.4. The Hall–Kier alpha value is -4.45. The first-order valence-electron chi connectivity index (χ1n) is 13.2. The van der Waals surface area contributed by atoms with E-state index in [-0.39, 0.29) is 5.75 Å². The monoisotopic (exact) mass is 574 g/mol. The topological polar surface area (TPSA) is 121 Å². The summed E-state index contributed by atoms with van der Waals surface area (Å²) in [7, 11) is 1.55. The summed E-state index contributed by atoms with van der Waals surface area (Å²) in [5.74, 6) is 0.588. The maximum Gasteiger partial charge on any atom is 0.412 e. The molecule has 0 spiro atoms. The summed E-state index contributed by atoms with van der Waals surface area (Å²) >= 11 is 1.42. The molecule has 6 rings (SSSR count). The van der Waals surface area contributed by atoms with Crippen LogP contribution in [0, 0.1) is 19.7 Å². The Morgan fingerprint density at radius 2 is 1.76 bits per heavy atom. The van der Waals surface area contributed by atoms with Gasteiger partial charge in [0, 0.05) is 17.7 Å². The van der Waals surface area contributed by atoms with Gasteiger partial charge in [-0.25, -0.2) is 34.1 Å². The molecule has 2 aromatic carbocycles. The number of nitrogens with zero attached hydrogens (tertiary/aromatic N) is 5. The highest BCUT2D eigenvalue weighted by Gasteiger charge is 2.31. The number of carbonyl (C=O) groups is 1. The fourth-order valence-electron chi connectivity index (χ4n) is 4.88. The van der Waals surface area contributed by atoms with Crippen LogP contribution in [-0.4, -0.2) is 50.3 Å². The number of amides is 1. The van der Waals surface area contributed by atoms with Crippen LogP contribution in [0.1, 0.15) is 37.1 Å². The van der Waals surface area contributed by atoms with E-state index in [0.29, 0.717) is 51.8 Å². The van der Waals surface area contributed by atoms with Crippen molar-refractivity contribution in [2.24, 2.45) is 0 Å². The minimum atomic E-state index is -0.632. The number of fused-ring (bicyclic) bond motifs is 2. The lowest BCUT2D eigenvalue weighted by Crippen LogP contribution is -2.39. The minimum absolute atomic E-state index is 0.0965. The largest absolute Gasteiger partial charge is 0.483 e. The second kappa shape index (κ2) is 11.2. The second-order valence-electron chi connectivity index (χ2n) is 9.89. The molecule has 1 fully saturated rings. The molecular weight excluding hydrogens is 547 g/mol. The maximum atomic E-state index is 15.3. The lowest BCUT2D eigenvalue weighted by Gasteiger charge is -2.31. The van der Waals surface area contributed by atoms with E-state index in [1.807, 2.05) is 19.1 Å². The number of ether oxygens (including phenoxy) is 3. The van der Waals surface area contributed by atoms with Gasteiger partial charge in [-0.2, -0.15) is 0 Å². The predicted molar refractivity (Wildman–Crippen MR) is 153 cm³/mol. The van der Waals surface area contributed by atoms with Crippen molar-refractivity contribution in [1.29, 1.82) is 0 Å². The lowest BCUT2D eigenvalue weighted by molar-refractivity contribution is -0.00440. The Morgan fingerprint density at radius 1 is 0.976 bits per heavy atom. The lowest BCUT2D eigenvalue weighted by atomic mass is 9.94. The summed E-state index contributed by atoms with van der Waals surface area (Å²) in [6.45, 7) is 3.73. The molecule has 1 aliphatic carbocycles.